The summed E-state index contributed by atoms with van der Waals surface area (Å²) in [5.74, 6) is 0.348. The van der Waals surface area contributed by atoms with Gasteiger partial charge in [-0.15, -0.1) is 0 Å². The normalized spacial score (nSPS) is 10.7. The number of rotatable bonds is 1. The zero-order valence-corrected chi connectivity index (χ0v) is 9.29. The molecule has 0 amide bonds. The van der Waals surface area contributed by atoms with Crippen LogP contribution in [0.5, 0.6) is 0 Å². The predicted molar refractivity (Wildman–Crippen MR) is 67.8 cm³/mol. The van der Waals surface area contributed by atoms with Gasteiger partial charge in [-0.3, -0.25) is 9.97 Å². The third kappa shape index (κ3) is 1.69. The number of hydrogen-bond donors (Lipinski definition) is 2. The number of aromatic amines is 1. The Morgan fingerprint density at radius 2 is 2.00 bits per heavy atom. The molecule has 0 bridgehead atoms. The third-order valence-electron chi connectivity index (χ3n) is 2.57. The Morgan fingerprint density at radius 3 is 2.83 bits per heavy atom. The van der Waals surface area contributed by atoms with Crippen LogP contribution in [0.4, 0.5) is 5.95 Å². The molecule has 3 N–H and O–H groups in total. The Balaban J connectivity index is 2.34. The number of hydrogen-bond acceptors (Lipinski definition) is 5. The van der Waals surface area contributed by atoms with Gasteiger partial charge in [-0.05, 0) is 12.1 Å². The van der Waals surface area contributed by atoms with Crippen LogP contribution in [-0.2, 0) is 0 Å². The van der Waals surface area contributed by atoms with E-state index in [1.54, 1.807) is 6.20 Å². The summed E-state index contributed by atoms with van der Waals surface area (Å²) in [7, 11) is 0. The monoisotopic (exact) mass is 239 g/mol. The van der Waals surface area contributed by atoms with Gasteiger partial charge in [0.25, 0.3) is 0 Å². The summed E-state index contributed by atoms with van der Waals surface area (Å²) in [6, 6.07) is 9.33. The van der Waals surface area contributed by atoms with Crippen molar-refractivity contribution >= 4 is 16.9 Å². The minimum Gasteiger partial charge on any atom is -0.368 e. The Bertz CT molecular complexity index is 775. The number of nitrogens with zero attached hydrogens (tertiary/aromatic N) is 3. The van der Waals surface area contributed by atoms with Gasteiger partial charge in [-0.2, -0.15) is 9.97 Å². The minimum absolute atomic E-state index is 0.0466. The van der Waals surface area contributed by atoms with Crippen LogP contribution in [0.25, 0.3) is 22.3 Å². The van der Waals surface area contributed by atoms with Crippen molar-refractivity contribution in [2.24, 2.45) is 0 Å². The number of H-pyrrole nitrogens is 1. The van der Waals surface area contributed by atoms with E-state index in [1.807, 2.05) is 30.3 Å². The standard InChI is InChI=1S/C12H9N5O/c13-11-15-10(16-12(18)17-11)8-3-1-5-9-7(8)4-2-6-14-9/h1-6H,(H3,13,15,16,17,18). The summed E-state index contributed by atoms with van der Waals surface area (Å²) in [6.07, 6.45) is 1.71. The highest BCUT2D eigenvalue weighted by Gasteiger charge is 2.07. The number of fused-ring (bicyclic) bond motifs is 1. The molecule has 0 radical (unpaired) electrons. The molecule has 6 nitrogen and oxygen atoms in total. The molecule has 0 aliphatic rings. The van der Waals surface area contributed by atoms with Crippen molar-refractivity contribution in [1.29, 1.82) is 0 Å². The van der Waals surface area contributed by atoms with E-state index in [0.717, 1.165) is 16.5 Å². The molecule has 3 aromatic rings. The molecule has 88 valence electrons. The van der Waals surface area contributed by atoms with Crippen molar-refractivity contribution in [1.82, 2.24) is 19.9 Å². The van der Waals surface area contributed by atoms with Gasteiger partial charge < -0.3 is 5.73 Å². The first-order valence-corrected chi connectivity index (χ1v) is 5.32. The molecule has 1 aromatic carbocycles. The number of nitrogens with two attached hydrogens (primary N) is 1. The van der Waals surface area contributed by atoms with Crippen molar-refractivity contribution in [3.8, 4) is 11.4 Å². The highest BCUT2D eigenvalue weighted by Crippen LogP contribution is 2.23. The first-order valence-electron chi connectivity index (χ1n) is 5.32. The maximum Gasteiger partial charge on any atom is 0.349 e. The highest BCUT2D eigenvalue weighted by atomic mass is 16.1. The number of benzene rings is 1. The number of nitrogens with one attached hydrogen (secondary N) is 1. The van der Waals surface area contributed by atoms with Gasteiger partial charge in [0.2, 0.25) is 5.95 Å². The molecule has 3 rings (SSSR count). The second-order valence-electron chi connectivity index (χ2n) is 3.74. The van der Waals surface area contributed by atoms with Gasteiger partial charge in [0, 0.05) is 17.1 Å². The van der Waals surface area contributed by atoms with Crippen LogP contribution < -0.4 is 11.4 Å². The zero-order valence-electron chi connectivity index (χ0n) is 9.29. The average Bonchev–Trinajstić information content (AvgIpc) is 2.37. The van der Waals surface area contributed by atoms with E-state index in [-0.39, 0.29) is 5.95 Å². The van der Waals surface area contributed by atoms with E-state index in [4.69, 9.17) is 5.73 Å². The van der Waals surface area contributed by atoms with Crippen molar-refractivity contribution in [3.63, 3.8) is 0 Å². The number of pyridine rings is 1. The van der Waals surface area contributed by atoms with Crippen LogP contribution >= 0.6 is 0 Å². The van der Waals surface area contributed by atoms with E-state index in [9.17, 15) is 4.79 Å². The lowest BCUT2D eigenvalue weighted by Gasteiger charge is -2.04. The first kappa shape index (κ1) is 10.4. The smallest absolute Gasteiger partial charge is 0.349 e. The second-order valence-corrected chi connectivity index (χ2v) is 3.74. The van der Waals surface area contributed by atoms with Crippen molar-refractivity contribution in [3.05, 3.63) is 47.0 Å². The summed E-state index contributed by atoms with van der Waals surface area (Å²) < 4.78 is 0. The summed E-state index contributed by atoms with van der Waals surface area (Å²) in [5.41, 5.74) is 6.56. The van der Waals surface area contributed by atoms with Crippen molar-refractivity contribution in [2.75, 3.05) is 5.73 Å². The van der Waals surface area contributed by atoms with Crippen molar-refractivity contribution in [2.45, 2.75) is 0 Å². The number of anilines is 1. The molecule has 0 spiro atoms. The van der Waals surface area contributed by atoms with Gasteiger partial charge in [0.05, 0.1) is 5.52 Å². The molecule has 6 heteroatoms. The molecule has 2 heterocycles. The van der Waals surface area contributed by atoms with Crippen molar-refractivity contribution < 1.29 is 0 Å². The average molecular weight is 239 g/mol. The predicted octanol–water partition coefficient (Wildman–Crippen LogP) is 0.962. The Kier molecular flexibility index (Phi) is 2.26. The molecule has 0 fully saturated rings. The molecule has 0 unspecified atom stereocenters. The molecule has 0 aliphatic carbocycles. The summed E-state index contributed by atoms with van der Waals surface area (Å²) in [5, 5.41) is 0.897. The summed E-state index contributed by atoms with van der Waals surface area (Å²) in [4.78, 5) is 25.7. The number of nitrogen functional groups attached to an aromatic ring is 1. The van der Waals surface area contributed by atoms with Crippen LogP contribution in [0.3, 0.4) is 0 Å². The molecule has 0 aliphatic heterocycles. The molecular weight excluding hydrogens is 230 g/mol. The maximum atomic E-state index is 11.3. The molecular formula is C12H9N5O. The Hall–Kier alpha value is -2.76. The molecule has 0 saturated heterocycles. The Morgan fingerprint density at radius 1 is 1.11 bits per heavy atom. The Labute approximate surface area is 102 Å². The largest absolute Gasteiger partial charge is 0.368 e. The quantitative estimate of drug-likeness (QED) is 0.659. The zero-order chi connectivity index (χ0) is 12.5. The number of aromatic nitrogens is 4. The van der Waals surface area contributed by atoms with Gasteiger partial charge in [-0.25, -0.2) is 4.79 Å². The third-order valence-corrected chi connectivity index (χ3v) is 2.57. The fourth-order valence-electron chi connectivity index (χ4n) is 1.84. The lowest BCUT2D eigenvalue weighted by molar-refractivity contribution is 1.01. The molecule has 0 saturated carbocycles. The van der Waals surface area contributed by atoms with E-state index in [1.165, 1.54) is 0 Å². The SMILES string of the molecule is Nc1nc(-c2cccc3ncccc23)[nH]c(=O)n1. The topological polar surface area (TPSA) is 97.5 Å². The van der Waals surface area contributed by atoms with Crippen LogP contribution in [0.15, 0.2) is 41.3 Å². The summed E-state index contributed by atoms with van der Waals surface area (Å²) >= 11 is 0. The van der Waals surface area contributed by atoms with Crippen LogP contribution in [-0.4, -0.2) is 19.9 Å². The van der Waals surface area contributed by atoms with Gasteiger partial charge in [-0.1, -0.05) is 18.2 Å². The molecule has 18 heavy (non-hydrogen) atoms. The van der Waals surface area contributed by atoms with Gasteiger partial charge in [0.1, 0.15) is 5.82 Å². The van der Waals surface area contributed by atoms with Crippen LogP contribution in [0.1, 0.15) is 0 Å². The first-order chi connectivity index (χ1) is 8.74. The van der Waals surface area contributed by atoms with E-state index in [2.05, 4.69) is 19.9 Å². The van der Waals surface area contributed by atoms with Crippen LogP contribution in [0, 0.1) is 0 Å². The lowest BCUT2D eigenvalue weighted by Crippen LogP contribution is -2.15. The van der Waals surface area contributed by atoms with Gasteiger partial charge in [0.15, 0.2) is 0 Å². The lowest BCUT2D eigenvalue weighted by atomic mass is 10.1. The second kappa shape index (κ2) is 3.92. The molecule has 2 aromatic heterocycles. The van der Waals surface area contributed by atoms with E-state index < -0.39 is 5.69 Å². The van der Waals surface area contributed by atoms with Gasteiger partial charge >= 0.3 is 5.69 Å². The highest BCUT2D eigenvalue weighted by molar-refractivity contribution is 5.92. The molecule has 0 atom stereocenters. The van der Waals surface area contributed by atoms with E-state index in [0.29, 0.717) is 5.82 Å². The van der Waals surface area contributed by atoms with E-state index >= 15 is 0 Å². The fourth-order valence-corrected chi connectivity index (χ4v) is 1.84. The fraction of sp³-hybridized carbons (Fsp3) is 0. The maximum absolute atomic E-state index is 11.3. The minimum atomic E-state index is -0.515. The summed E-state index contributed by atoms with van der Waals surface area (Å²) in [6.45, 7) is 0. The van der Waals surface area contributed by atoms with Crippen LogP contribution in [0.2, 0.25) is 0 Å².